The molecule has 0 aliphatic carbocycles. The van der Waals surface area contributed by atoms with Crippen molar-refractivity contribution in [2.24, 2.45) is 4.99 Å². The Morgan fingerprint density at radius 2 is 1.83 bits per heavy atom. The zero-order valence-electron chi connectivity index (χ0n) is 11.0. The quantitative estimate of drug-likeness (QED) is 0.651. The van der Waals surface area contributed by atoms with Crippen molar-refractivity contribution in [3.8, 4) is 0 Å². The predicted molar refractivity (Wildman–Crippen MR) is 82.1 cm³/mol. The minimum Gasteiger partial charge on any atom is -0.377 e. The van der Waals surface area contributed by atoms with Gasteiger partial charge in [0, 0.05) is 20.5 Å². The number of halogens is 1. The van der Waals surface area contributed by atoms with Crippen LogP contribution in [-0.2, 0) is 6.42 Å². The van der Waals surface area contributed by atoms with Crippen molar-refractivity contribution in [1.82, 2.24) is 5.32 Å². The molecule has 0 aliphatic rings. The second-order valence-corrected chi connectivity index (χ2v) is 4.28. The summed E-state index contributed by atoms with van der Waals surface area (Å²) in [5.41, 5.74) is 2.59. The Labute approximate surface area is 115 Å². The summed E-state index contributed by atoms with van der Waals surface area (Å²) >= 11 is 0. The molecular weight excluding hydrogens is 244 g/mol. The summed E-state index contributed by atoms with van der Waals surface area (Å²) in [6.07, 6.45) is 0.858. The van der Waals surface area contributed by atoms with Crippen molar-refractivity contribution >= 4 is 29.0 Å². The molecule has 0 aromatic heterocycles. The lowest BCUT2D eigenvalue weighted by molar-refractivity contribution is 1.09. The van der Waals surface area contributed by atoms with E-state index >= 15 is 0 Å². The molecule has 18 heavy (non-hydrogen) atoms. The van der Waals surface area contributed by atoms with Crippen LogP contribution in [-0.4, -0.2) is 19.9 Å². The molecule has 96 valence electrons. The van der Waals surface area contributed by atoms with Crippen molar-refractivity contribution in [2.45, 2.75) is 13.3 Å². The summed E-state index contributed by atoms with van der Waals surface area (Å²) in [5, 5.41) is 5.70. The molecule has 0 amide bonds. The summed E-state index contributed by atoms with van der Waals surface area (Å²) in [5.74, 6) is 1.01. The number of nitrogens with one attached hydrogen (secondary N) is 1. The van der Waals surface area contributed by atoms with Crippen LogP contribution in [0.4, 0.5) is 0 Å². The maximum absolute atomic E-state index is 4.20. The fraction of sp³-hybridized carbons (Fsp3) is 0.267. The highest BCUT2D eigenvalue weighted by Crippen LogP contribution is 2.18. The molecule has 1 N–H and O–H groups in total. The van der Waals surface area contributed by atoms with Gasteiger partial charge in [0.25, 0.3) is 0 Å². The lowest BCUT2D eigenvalue weighted by Gasteiger charge is -2.07. The summed E-state index contributed by atoms with van der Waals surface area (Å²) < 4.78 is 0. The zero-order valence-corrected chi connectivity index (χ0v) is 11.8. The van der Waals surface area contributed by atoms with Gasteiger partial charge in [-0.2, -0.15) is 0 Å². The molecule has 0 saturated heterocycles. The van der Waals surface area contributed by atoms with Gasteiger partial charge < -0.3 is 5.32 Å². The van der Waals surface area contributed by atoms with Crippen LogP contribution in [0.5, 0.6) is 0 Å². The summed E-state index contributed by atoms with van der Waals surface area (Å²) in [4.78, 5) is 4.20. The average molecular weight is 263 g/mol. The van der Waals surface area contributed by atoms with Gasteiger partial charge in [-0.25, -0.2) is 0 Å². The van der Waals surface area contributed by atoms with E-state index in [9.17, 15) is 0 Å². The number of benzene rings is 2. The average Bonchev–Trinajstić information content (AvgIpc) is 2.35. The largest absolute Gasteiger partial charge is 0.377 e. The molecule has 0 saturated carbocycles. The van der Waals surface area contributed by atoms with E-state index in [-0.39, 0.29) is 12.4 Å². The Balaban J connectivity index is 0.00000162. The molecule has 0 bridgehead atoms. The van der Waals surface area contributed by atoms with Crippen LogP contribution in [0.25, 0.3) is 10.8 Å². The number of hydrogen-bond acceptors (Lipinski definition) is 1. The zero-order chi connectivity index (χ0) is 12.3. The van der Waals surface area contributed by atoms with E-state index in [0.29, 0.717) is 0 Å². The predicted octanol–water partition coefficient (Wildman–Crippen LogP) is 3.36. The highest BCUT2D eigenvalue weighted by Gasteiger charge is 2.00. The van der Waals surface area contributed by atoms with E-state index in [1.54, 1.807) is 0 Å². The molecule has 2 nitrogen and oxygen atoms in total. The molecule has 2 rings (SSSR count). The van der Waals surface area contributed by atoms with E-state index in [4.69, 9.17) is 0 Å². The molecule has 0 fully saturated rings. The van der Waals surface area contributed by atoms with Crippen molar-refractivity contribution in [3.05, 3.63) is 47.5 Å². The molecule has 2 aromatic rings. The number of likely N-dealkylation sites (N-methyl/N-ethyl adjacent to an activating group) is 1. The first-order valence-corrected chi connectivity index (χ1v) is 5.85. The Kier molecular flexibility index (Phi) is 5.17. The van der Waals surface area contributed by atoms with E-state index in [1.807, 2.05) is 14.1 Å². The van der Waals surface area contributed by atoms with Crippen LogP contribution in [0.1, 0.15) is 11.1 Å². The Bertz CT molecular complexity index is 561. The molecule has 0 unspecified atom stereocenters. The summed E-state index contributed by atoms with van der Waals surface area (Å²) in [6.45, 7) is 2.12. The van der Waals surface area contributed by atoms with E-state index in [2.05, 4.69) is 53.6 Å². The normalized spacial score (nSPS) is 11.2. The number of amidine groups is 1. The smallest absolute Gasteiger partial charge is 0.100 e. The van der Waals surface area contributed by atoms with Gasteiger partial charge in [0.1, 0.15) is 5.84 Å². The van der Waals surface area contributed by atoms with Crippen LogP contribution in [0, 0.1) is 6.92 Å². The van der Waals surface area contributed by atoms with Crippen LogP contribution in [0.2, 0.25) is 0 Å². The number of aliphatic imine (C=N–C) groups is 1. The number of fused-ring (bicyclic) bond motifs is 1. The van der Waals surface area contributed by atoms with Crippen LogP contribution in [0.3, 0.4) is 0 Å². The molecule has 3 heteroatoms. The monoisotopic (exact) mass is 262 g/mol. The van der Waals surface area contributed by atoms with Gasteiger partial charge in [-0.3, -0.25) is 4.99 Å². The van der Waals surface area contributed by atoms with Gasteiger partial charge in [0.2, 0.25) is 0 Å². The molecular formula is C15H19ClN2. The van der Waals surface area contributed by atoms with Gasteiger partial charge in [0.15, 0.2) is 0 Å². The molecule has 0 atom stereocenters. The highest BCUT2D eigenvalue weighted by molar-refractivity contribution is 5.87. The fourth-order valence-electron chi connectivity index (χ4n) is 2.00. The number of rotatable bonds is 2. The molecule has 0 radical (unpaired) electrons. The lowest BCUT2D eigenvalue weighted by Crippen LogP contribution is -2.20. The Morgan fingerprint density at radius 3 is 2.50 bits per heavy atom. The topological polar surface area (TPSA) is 24.4 Å². The van der Waals surface area contributed by atoms with Crippen LogP contribution < -0.4 is 5.32 Å². The number of aryl methyl sites for hydroxylation is 1. The van der Waals surface area contributed by atoms with E-state index < -0.39 is 0 Å². The maximum atomic E-state index is 4.20. The standard InChI is InChI=1S/C15H18N2.ClH/c1-11-4-6-13-7-5-12(9-14(13)8-11)10-15(16-2)17-3;/h4-9H,10H2,1-3H3,(H,16,17);1H. The highest BCUT2D eigenvalue weighted by atomic mass is 35.5. The Hall–Kier alpha value is -1.54. The Morgan fingerprint density at radius 1 is 1.11 bits per heavy atom. The fourth-order valence-corrected chi connectivity index (χ4v) is 2.00. The SMILES string of the molecule is CN=C(Cc1ccc2ccc(C)cc2c1)NC.Cl. The third-order valence-electron chi connectivity index (χ3n) is 2.99. The lowest BCUT2D eigenvalue weighted by atomic mass is 10.0. The molecule has 0 heterocycles. The third kappa shape index (κ3) is 3.23. The van der Waals surface area contributed by atoms with E-state index in [0.717, 1.165) is 12.3 Å². The van der Waals surface area contributed by atoms with Gasteiger partial charge in [-0.1, -0.05) is 42.0 Å². The second kappa shape index (κ2) is 6.41. The van der Waals surface area contributed by atoms with Gasteiger partial charge in [0.05, 0.1) is 0 Å². The number of nitrogens with zero attached hydrogens (tertiary/aromatic N) is 1. The molecule has 2 aromatic carbocycles. The first-order valence-electron chi connectivity index (χ1n) is 5.85. The first kappa shape index (κ1) is 14.5. The summed E-state index contributed by atoms with van der Waals surface area (Å²) in [6, 6.07) is 13.1. The van der Waals surface area contributed by atoms with Crippen molar-refractivity contribution in [1.29, 1.82) is 0 Å². The van der Waals surface area contributed by atoms with Crippen LogP contribution >= 0.6 is 12.4 Å². The minimum absolute atomic E-state index is 0. The number of hydrogen-bond donors (Lipinski definition) is 1. The van der Waals surface area contributed by atoms with Crippen molar-refractivity contribution in [2.75, 3.05) is 14.1 Å². The van der Waals surface area contributed by atoms with Gasteiger partial charge >= 0.3 is 0 Å². The van der Waals surface area contributed by atoms with Crippen LogP contribution in [0.15, 0.2) is 41.4 Å². The maximum Gasteiger partial charge on any atom is 0.100 e. The minimum atomic E-state index is 0. The first-order chi connectivity index (χ1) is 8.22. The van der Waals surface area contributed by atoms with Gasteiger partial charge in [-0.05, 0) is 23.3 Å². The summed E-state index contributed by atoms with van der Waals surface area (Å²) in [7, 11) is 3.73. The van der Waals surface area contributed by atoms with Gasteiger partial charge in [-0.15, -0.1) is 12.4 Å². The van der Waals surface area contributed by atoms with Crippen molar-refractivity contribution < 1.29 is 0 Å². The van der Waals surface area contributed by atoms with E-state index in [1.165, 1.54) is 21.9 Å². The molecule has 0 aliphatic heterocycles. The molecule has 0 spiro atoms. The van der Waals surface area contributed by atoms with Crippen molar-refractivity contribution in [3.63, 3.8) is 0 Å². The third-order valence-corrected chi connectivity index (χ3v) is 2.99. The second-order valence-electron chi connectivity index (χ2n) is 4.28.